The molecule has 1 aliphatic heterocycles. The number of benzene rings is 1. The van der Waals surface area contributed by atoms with E-state index in [2.05, 4.69) is 20.3 Å². The molecule has 0 saturated heterocycles. The van der Waals surface area contributed by atoms with Crippen molar-refractivity contribution in [2.24, 2.45) is 4.99 Å². The van der Waals surface area contributed by atoms with Gasteiger partial charge >= 0.3 is 0 Å². The van der Waals surface area contributed by atoms with Crippen LogP contribution in [0, 0.1) is 6.92 Å². The first-order chi connectivity index (χ1) is 11.1. The Balaban J connectivity index is 2.18. The molecule has 0 bridgehead atoms. The Kier molecular flexibility index (Phi) is 4.41. The lowest BCUT2D eigenvalue weighted by Crippen LogP contribution is -2.43. The van der Waals surface area contributed by atoms with Gasteiger partial charge in [0.2, 0.25) is 11.6 Å². The Morgan fingerprint density at radius 2 is 2.04 bits per heavy atom. The molecule has 122 valence electrons. The van der Waals surface area contributed by atoms with Gasteiger partial charge in [-0.3, -0.25) is 9.56 Å². The highest BCUT2D eigenvalue weighted by atomic mass is 32.2. The van der Waals surface area contributed by atoms with Crippen molar-refractivity contribution in [3.8, 4) is 0 Å². The van der Waals surface area contributed by atoms with E-state index in [1.807, 2.05) is 45.0 Å². The van der Waals surface area contributed by atoms with Gasteiger partial charge in [-0.25, -0.2) is 0 Å². The Labute approximate surface area is 139 Å². The van der Waals surface area contributed by atoms with Crippen LogP contribution in [-0.4, -0.2) is 38.5 Å². The van der Waals surface area contributed by atoms with Crippen LogP contribution in [0.3, 0.4) is 0 Å². The van der Waals surface area contributed by atoms with E-state index >= 15 is 0 Å². The molecule has 2 heterocycles. The number of aromatic nitrogens is 3. The third-order valence-corrected chi connectivity index (χ3v) is 4.80. The summed E-state index contributed by atoms with van der Waals surface area (Å²) >= 11 is 1.52. The number of anilines is 1. The minimum Gasteiger partial charge on any atom is -0.366 e. The second kappa shape index (κ2) is 6.33. The van der Waals surface area contributed by atoms with Crippen molar-refractivity contribution < 1.29 is 5.11 Å². The van der Waals surface area contributed by atoms with Gasteiger partial charge in [0, 0.05) is 18.7 Å². The molecule has 6 nitrogen and oxygen atoms in total. The highest BCUT2D eigenvalue weighted by Crippen LogP contribution is 2.38. The fourth-order valence-corrected chi connectivity index (χ4v) is 3.70. The maximum atomic E-state index is 11.3. The van der Waals surface area contributed by atoms with Gasteiger partial charge in [-0.05, 0) is 20.8 Å². The van der Waals surface area contributed by atoms with E-state index in [4.69, 9.17) is 0 Å². The molecule has 2 aromatic rings. The van der Waals surface area contributed by atoms with Crippen molar-refractivity contribution in [1.82, 2.24) is 14.5 Å². The predicted molar refractivity (Wildman–Crippen MR) is 91.5 cm³/mol. The van der Waals surface area contributed by atoms with E-state index in [1.165, 1.54) is 11.8 Å². The first-order valence-corrected chi connectivity index (χ1v) is 8.75. The van der Waals surface area contributed by atoms with Crippen molar-refractivity contribution in [3.05, 3.63) is 41.0 Å². The zero-order valence-electron chi connectivity index (χ0n) is 13.6. The van der Waals surface area contributed by atoms with Gasteiger partial charge in [-0.15, -0.1) is 0 Å². The molecular weight excluding hydrogens is 310 g/mol. The van der Waals surface area contributed by atoms with Gasteiger partial charge in [0.25, 0.3) is 0 Å². The van der Waals surface area contributed by atoms with Crippen molar-refractivity contribution in [2.45, 2.75) is 31.7 Å². The highest BCUT2D eigenvalue weighted by Gasteiger charge is 2.40. The van der Waals surface area contributed by atoms with Crippen LogP contribution in [0.4, 0.5) is 5.95 Å². The smallest absolute Gasteiger partial charge is 0.232 e. The molecule has 0 fully saturated rings. The van der Waals surface area contributed by atoms with Gasteiger partial charge in [-0.2, -0.15) is 9.97 Å². The van der Waals surface area contributed by atoms with Crippen molar-refractivity contribution in [3.63, 3.8) is 0 Å². The summed E-state index contributed by atoms with van der Waals surface area (Å²) in [5.74, 6) is 1.04. The van der Waals surface area contributed by atoms with E-state index < -0.39 is 5.72 Å². The summed E-state index contributed by atoms with van der Waals surface area (Å²) in [5.41, 5.74) is 1.31. The van der Waals surface area contributed by atoms with E-state index in [0.717, 1.165) is 22.8 Å². The molecular formula is C16H21N5OS. The van der Waals surface area contributed by atoms with Crippen LogP contribution in [0.1, 0.15) is 25.0 Å². The number of thioether (sulfide) groups is 1. The largest absolute Gasteiger partial charge is 0.366 e. The summed E-state index contributed by atoms with van der Waals surface area (Å²) in [4.78, 5) is 13.4. The monoisotopic (exact) mass is 331 g/mol. The molecule has 7 heteroatoms. The standard InChI is InChI=1S/C16H21N5OS/c1-4-17-13-19-14(18-5-2)21-15(20-13)23-10-16(21,22)12-8-6-11(3)7-9-12/h6-9,22H,4-5,10H2,1-3H3,(H,17,18,19). The second-order valence-corrected chi connectivity index (χ2v) is 6.38. The maximum Gasteiger partial charge on any atom is 0.232 e. The molecule has 1 aromatic carbocycles. The number of nitrogens with one attached hydrogen (secondary N) is 1. The molecule has 1 unspecified atom stereocenters. The van der Waals surface area contributed by atoms with Crippen molar-refractivity contribution in [2.75, 3.05) is 24.2 Å². The van der Waals surface area contributed by atoms with Crippen molar-refractivity contribution >= 4 is 17.7 Å². The van der Waals surface area contributed by atoms with Crippen LogP contribution in [-0.2, 0) is 5.72 Å². The number of hydrogen-bond acceptors (Lipinski definition) is 6. The summed E-state index contributed by atoms with van der Waals surface area (Å²) < 4.78 is 1.74. The Morgan fingerprint density at radius 3 is 2.70 bits per heavy atom. The van der Waals surface area contributed by atoms with Gasteiger partial charge < -0.3 is 10.4 Å². The minimum absolute atomic E-state index is 0.493. The number of fused-ring (bicyclic) bond motifs is 1. The minimum atomic E-state index is -1.17. The van der Waals surface area contributed by atoms with Gasteiger partial charge in [0.15, 0.2) is 10.9 Å². The van der Waals surface area contributed by atoms with Crippen LogP contribution in [0.25, 0.3) is 0 Å². The first kappa shape index (κ1) is 16.0. The van der Waals surface area contributed by atoms with E-state index in [1.54, 1.807) is 4.57 Å². The zero-order valence-corrected chi connectivity index (χ0v) is 14.4. The summed E-state index contributed by atoms with van der Waals surface area (Å²) in [6, 6.07) is 7.90. The number of aryl methyl sites for hydroxylation is 1. The van der Waals surface area contributed by atoms with Crippen LogP contribution in [0.2, 0.25) is 0 Å². The lowest BCUT2D eigenvalue weighted by atomic mass is 10.0. The number of rotatable bonds is 4. The fraction of sp³-hybridized carbons (Fsp3) is 0.438. The summed E-state index contributed by atoms with van der Waals surface area (Å²) in [6.45, 7) is 7.31. The zero-order chi connectivity index (χ0) is 16.4. The van der Waals surface area contributed by atoms with E-state index in [-0.39, 0.29) is 0 Å². The number of nitrogens with zero attached hydrogens (tertiary/aromatic N) is 4. The molecule has 1 aliphatic rings. The average molecular weight is 331 g/mol. The lowest BCUT2D eigenvalue weighted by Gasteiger charge is -2.25. The number of aliphatic hydroxyl groups is 1. The van der Waals surface area contributed by atoms with Crippen LogP contribution in [0.5, 0.6) is 0 Å². The SMILES string of the molecule is CCN=c1nc(NCC)nc2n1C(O)(c1ccc(C)cc1)CS2. The Hall–Kier alpha value is -1.86. The molecule has 1 aromatic heterocycles. The summed E-state index contributed by atoms with van der Waals surface area (Å²) in [7, 11) is 0. The van der Waals surface area contributed by atoms with Gasteiger partial charge in [-0.1, -0.05) is 41.6 Å². The molecule has 2 N–H and O–H groups in total. The molecule has 0 amide bonds. The molecule has 0 saturated carbocycles. The Morgan fingerprint density at radius 1 is 1.30 bits per heavy atom. The summed E-state index contributed by atoms with van der Waals surface area (Å²) in [5, 5.41) is 15.2. The predicted octanol–water partition coefficient (Wildman–Crippen LogP) is 1.74. The van der Waals surface area contributed by atoms with Gasteiger partial charge in [0.05, 0.1) is 5.75 Å². The molecule has 23 heavy (non-hydrogen) atoms. The third kappa shape index (κ3) is 2.86. The van der Waals surface area contributed by atoms with Crippen molar-refractivity contribution in [1.29, 1.82) is 0 Å². The van der Waals surface area contributed by atoms with E-state index in [0.29, 0.717) is 23.9 Å². The second-order valence-electron chi connectivity index (χ2n) is 5.44. The first-order valence-electron chi connectivity index (χ1n) is 7.76. The van der Waals surface area contributed by atoms with Crippen LogP contribution >= 0.6 is 11.8 Å². The average Bonchev–Trinajstić information content (AvgIpc) is 2.87. The topological polar surface area (TPSA) is 75.3 Å². The quantitative estimate of drug-likeness (QED) is 0.892. The normalized spacial score (nSPS) is 20.6. The molecule has 0 aliphatic carbocycles. The van der Waals surface area contributed by atoms with Crippen LogP contribution in [0.15, 0.2) is 34.4 Å². The Bertz CT molecular complexity index is 771. The lowest BCUT2D eigenvalue weighted by molar-refractivity contribution is 0.0212. The maximum absolute atomic E-state index is 11.3. The highest BCUT2D eigenvalue weighted by molar-refractivity contribution is 7.99. The molecule has 0 spiro atoms. The van der Waals surface area contributed by atoms with Gasteiger partial charge in [0.1, 0.15) is 0 Å². The fourth-order valence-electron chi connectivity index (χ4n) is 2.56. The summed E-state index contributed by atoms with van der Waals surface area (Å²) in [6.07, 6.45) is 0. The van der Waals surface area contributed by atoms with Crippen LogP contribution < -0.4 is 10.9 Å². The molecule has 3 rings (SSSR count). The molecule has 0 radical (unpaired) electrons. The molecule has 1 atom stereocenters. The third-order valence-electron chi connectivity index (χ3n) is 3.72. The van der Waals surface area contributed by atoms with E-state index in [9.17, 15) is 5.11 Å². The number of hydrogen-bond donors (Lipinski definition) is 2.